The smallest absolute Gasteiger partial charge is 0.253 e. The van der Waals surface area contributed by atoms with Crippen molar-refractivity contribution < 1.29 is 4.39 Å². The van der Waals surface area contributed by atoms with Gasteiger partial charge in [-0.05, 0) is 18.2 Å². The minimum absolute atomic E-state index is 0.0963. The van der Waals surface area contributed by atoms with Gasteiger partial charge in [0, 0.05) is 31.0 Å². The van der Waals surface area contributed by atoms with Gasteiger partial charge in [0.1, 0.15) is 5.82 Å². The summed E-state index contributed by atoms with van der Waals surface area (Å²) in [5.74, 6) is -0.284. The van der Waals surface area contributed by atoms with E-state index in [-0.39, 0.29) is 11.4 Å². The molecule has 2 aromatic rings. The molecule has 5 heteroatoms. The lowest BCUT2D eigenvalue weighted by Crippen LogP contribution is -2.22. The van der Waals surface area contributed by atoms with Gasteiger partial charge in [0.25, 0.3) is 5.56 Å². The molecule has 4 nitrogen and oxygen atoms in total. The number of aromatic nitrogens is 2. The van der Waals surface area contributed by atoms with Crippen molar-refractivity contribution in [3.63, 3.8) is 0 Å². The number of benzene rings is 1. The Balaban J connectivity index is 1.92. The number of hydrogen-bond donors (Lipinski definition) is 1. The SMILES string of the molecule is O=c1ccncn1CCNc1cccc(F)c1. The lowest BCUT2D eigenvalue weighted by atomic mass is 10.3. The lowest BCUT2D eigenvalue weighted by Gasteiger charge is -2.07. The Bertz CT molecular complexity index is 553. The molecule has 1 heterocycles. The molecule has 0 aliphatic rings. The van der Waals surface area contributed by atoms with Crippen molar-refractivity contribution in [2.75, 3.05) is 11.9 Å². The van der Waals surface area contributed by atoms with Crippen LogP contribution in [0, 0.1) is 5.82 Å². The summed E-state index contributed by atoms with van der Waals surface area (Å²) in [6.07, 6.45) is 2.94. The van der Waals surface area contributed by atoms with Crippen molar-refractivity contribution >= 4 is 5.69 Å². The normalized spacial score (nSPS) is 10.2. The summed E-state index contributed by atoms with van der Waals surface area (Å²) >= 11 is 0. The van der Waals surface area contributed by atoms with Gasteiger partial charge < -0.3 is 5.32 Å². The minimum atomic E-state index is -0.284. The average molecular weight is 233 g/mol. The summed E-state index contributed by atoms with van der Waals surface area (Å²) in [5, 5.41) is 3.03. The van der Waals surface area contributed by atoms with Crippen LogP contribution in [0.1, 0.15) is 0 Å². The van der Waals surface area contributed by atoms with E-state index in [1.807, 2.05) is 0 Å². The zero-order chi connectivity index (χ0) is 12.1. The first-order valence-corrected chi connectivity index (χ1v) is 5.25. The molecule has 0 saturated carbocycles. The first-order chi connectivity index (χ1) is 8.25. The van der Waals surface area contributed by atoms with Gasteiger partial charge in [0.15, 0.2) is 0 Å². The van der Waals surface area contributed by atoms with Gasteiger partial charge in [-0.1, -0.05) is 6.07 Å². The fourth-order valence-electron chi connectivity index (χ4n) is 1.47. The van der Waals surface area contributed by atoms with E-state index < -0.39 is 0 Å². The third kappa shape index (κ3) is 3.14. The van der Waals surface area contributed by atoms with E-state index in [9.17, 15) is 9.18 Å². The summed E-state index contributed by atoms with van der Waals surface area (Å²) in [6, 6.07) is 7.61. The Kier molecular flexibility index (Phi) is 3.49. The monoisotopic (exact) mass is 233 g/mol. The maximum Gasteiger partial charge on any atom is 0.253 e. The van der Waals surface area contributed by atoms with Crippen LogP contribution in [0.2, 0.25) is 0 Å². The predicted octanol–water partition coefficient (Wildman–Crippen LogP) is 1.49. The highest BCUT2D eigenvalue weighted by Gasteiger charge is 1.96. The molecule has 0 spiro atoms. The zero-order valence-electron chi connectivity index (χ0n) is 9.14. The highest BCUT2D eigenvalue weighted by Crippen LogP contribution is 2.08. The van der Waals surface area contributed by atoms with E-state index in [2.05, 4.69) is 10.3 Å². The maximum absolute atomic E-state index is 12.9. The van der Waals surface area contributed by atoms with Crippen LogP contribution >= 0.6 is 0 Å². The number of nitrogens with one attached hydrogen (secondary N) is 1. The van der Waals surface area contributed by atoms with Crippen LogP contribution in [0.5, 0.6) is 0 Å². The van der Waals surface area contributed by atoms with E-state index >= 15 is 0 Å². The van der Waals surface area contributed by atoms with Crippen molar-refractivity contribution in [2.45, 2.75) is 6.54 Å². The van der Waals surface area contributed by atoms with Crippen molar-refractivity contribution in [3.05, 3.63) is 59.0 Å². The van der Waals surface area contributed by atoms with Crippen molar-refractivity contribution in [3.8, 4) is 0 Å². The molecule has 0 aliphatic carbocycles. The summed E-state index contributed by atoms with van der Waals surface area (Å²) in [4.78, 5) is 15.2. The summed E-state index contributed by atoms with van der Waals surface area (Å²) in [5.41, 5.74) is 0.600. The molecule has 0 atom stereocenters. The number of rotatable bonds is 4. The fraction of sp³-hybridized carbons (Fsp3) is 0.167. The van der Waals surface area contributed by atoms with E-state index in [0.717, 1.165) is 0 Å². The van der Waals surface area contributed by atoms with Gasteiger partial charge in [-0.25, -0.2) is 9.37 Å². The average Bonchev–Trinajstić information content (AvgIpc) is 2.32. The highest BCUT2D eigenvalue weighted by molar-refractivity contribution is 5.42. The number of hydrogen-bond acceptors (Lipinski definition) is 3. The number of anilines is 1. The van der Waals surface area contributed by atoms with Crippen molar-refractivity contribution in [2.24, 2.45) is 0 Å². The fourth-order valence-corrected chi connectivity index (χ4v) is 1.47. The lowest BCUT2D eigenvalue weighted by molar-refractivity contribution is 0.627. The third-order valence-electron chi connectivity index (χ3n) is 2.30. The van der Waals surface area contributed by atoms with Crippen LogP contribution in [-0.4, -0.2) is 16.1 Å². The van der Waals surface area contributed by atoms with Crippen LogP contribution in [0.3, 0.4) is 0 Å². The van der Waals surface area contributed by atoms with E-state index in [1.165, 1.54) is 35.3 Å². The molecule has 0 amide bonds. The molecule has 1 N–H and O–H groups in total. The van der Waals surface area contributed by atoms with E-state index in [0.29, 0.717) is 18.8 Å². The van der Waals surface area contributed by atoms with Gasteiger partial charge in [-0.3, -0.25) is 9.36 Å². The van der Waals surface area contributed by atoms with Crippen LogP contribution in [-0.2, 0) is 6.54 Å². The van der Waals surface area contributed by atoms with Gasteiger partial charge in [-0.15, -0.1) is 0 Å². The molecule has 1 aromatic carbocycles. The molecule has 0 bridgehead atoms. The zero-order valence-corrected chi connectivity index (χ0v) is 9.14. The molecule has 0 saturated heterocycles. The largest absolute Gasteiger partial charge is 0.383 e. The highest BCUT2D eigenvalue weighted by atomic mass is 19.1. The van der Waals surface area contributed by atoms with Crippen LogP contribution in [0.4, 0.5) is 10.1 Å². The van der Waals surface area contributed by atoms with Gasteiger partial charge >= 0.3 is 0 Å². The topological polar surface area (TPSA) is 46.9 Å². The van der Waals surface area contributed by atoms with E-state index in [4.69, 9.17) is 0 Å². The molecule has 0 aliphatic heterocycles. The molecule has 88 valence electrons. The first kappa shape index (κ1) is 11.3. The van der Waals surface area contributed by atoms with Crippen LogP contribution in [0.25, 0.3) is 0 Å². The van der Waals surface area contributed by atoms with Crippen molar-refractivity contribution in [1.82, 2.24) is 9.55 Å². The maximum atomic E-state index is 12.9. The molecule has 2 rings (SSSR count). The van der Waals surface area contributed by atoms with Crippen LogP contribution < -0.4 is 10.9 Å². The Morgan fingerprint density at radius 2 is 2.24 bits per heavy atom. The summed E-state index contributed by atoms with van der Waals surface area (Å²) < 4.78 is 14.4. The Labute approximate surface area is 97.7 Å². The molecule has 0 fully saturated rings. The van der Waals surface area contributed by atoms with Gasteiger partial charge in [-0.2, -0.15) is 0 Å². The molecular weight excluding hydrogens is 221 g/mol. The molecule has 0 unspecified atom stereocenters. The Morgan fingerprint density at radius 1 is 1.35 bits per heavy atom. The summed E-state index contributed by atoms with van der Waals surface area (Å²) in [7, 11) is 0. The number of halogens is 1. The third-order valence-corrected chi connectivity index (χ3v) is 2.30. The molecular formula is C12H12FN3O. The second-order valence-electron chi connectivity index (χ2n) is 3.55. The summed E-state index contributed by atoms with van der Waals surface area (Å²) in [6.45, 7) is 1.03. The first-order valence-electron chi connectivity index (χ1n) is 5.25. The standard InChI is InChI=1S/C12H12FN3O/c13-10-2-1-3-11(8-10)15-6-7-16-9-14-5-4-12(16)17/h1-5,8-9,15H,6-7H2. The van der Waals surface area contributed by atoms with Crippen molar-refractivity contribution in [1.29, 1.82) is 0 Å². The number of nitrogens with zero attached hydrogens (tertiary/aromatic N) is 2. The molecule has 0 radical (unpaired) electrons. The van der Waals surface area contributed by atoms with Gasteiger partial charge in [0.2, 0.25) is 0 Å². The minimum Gasteiger partial charge on any atom is -0.383 e. The van der Waals surface area contributed by atoms with E-state index in [1.54, 1.807) is 12.1 Å². The van der Waals surface area contributed by atoms with Crippen LogP contribution in [0.15, 0.2) is 47.7 Å². The quantitative estimate of drug-likeness (QED) is 0.870. The predicted molar refractivity (Wildman–Crippen MR) is 63.4 cm³/mol. The Hall–Kier alpha value is -2.17. The second-order valence-corrected chi connectivity index (χ2v) is 3.55. The second kappa shape index (κ2) is 5.25. The Morgan fingerprint density at radius 3 is 3.00 bits per heavy atom. The molecule has 1 aromatic heterocycles. The molecule has 17 heavy (non-hydrogen) atoms. The van der Waals surface area contributed by atoms with Gasteiger partial charge in [0.05, 0.1) is 6.33 Å².